The van der Waals surface area contributed by atoms with E-state index in [1.165, 1.54) is 12.1 Å². The summed E-state index contributed by atoms with van der Waals surface area (Å²) >= 11 is 0. The normalized spacial score (nSPS) is 24.2. The molecule has 2 unspecified atom stereocenters. The van der Waals surface area contributed by atoms with Crippen LogP contribution in [0.4, 0.5) is 0 Å². The van der Waals surface area contributed by atoms with E-state index in [1.807, 2.05) is 22.8 Å². The highest BCUT2D eigenvalue weighted by Gasteiger charge is 2.31. The van der Waals surface area contributed by atoms with Crippen LogP contribution >= 0.6 is 0 Å². The lowest BCUT2D eigenvalue weighted by Crippen LogP contribution is -2.44. The SMILES string of the molecule is O=c1cc(-c2ccccn2)cc2n1CC1CNCC2C1. The minimum atomic E-state index is 0.111. The molecule has 0 aliphatic carbocycles. The highest BCUT2D eigenvalue weighted by atomic mass is 16.1. The van der Waals surface area contributed by atoms with Crippen LogP contribution in [0, 0.1) is 5.92 Å². The Hall–Kier alpha value is -1.94. The second-order valence-corrected chi connectivity index (χ2v) is 5.79. The molecule has 4 nitrogen and oxygen atoms in total. The van der Waals surface area contributed by atoms with Crippen LogP contribution in [0.3, 0.4) is 0 Å². The van der Waals surface area contributed by atoms with E-state index in [-0.39, 0.29) is 5.56 Å². The molecule has 1 saturated heterocycles. The van der Waals surface area contributed by atoms with Gasteiger partial charge in [-0.05, 0) is 37.1 Å². The van der Waals surface area contributed by atoms with E-state index in [2.05, 4.69) is 16.4 Å². The first kappa shape index (κ1) is 11.9. The van der Waals surface area contributed by atoms with Crippen LogP contribution < -0.4 is 10.9 Å². The molecule has 4 heteroatoms. The fourth-order valence-corrected chi connectivity index (χ4v) is 3.49. The van der Waals surface area contributed by atoms with Crippen LogP contribution in [0.15, 0.2) is 41.3 Å². The third-order valence-corrected chi connectivity index (χ3v) is 4.42. The van der Waals surface area contributed by atoms with E-state index in [9.17, 15) is 4.79 Å². The quantitative estimate of drug-likeness (QED) is 0.854. The van der Waals surface area contributed by atoms with Crippen LogP contribution in [0.5, 0.6) is 0 Å². The Kier molecular flexibility index (Phi) is 2.70. The van der Waals surface area contributed by atoms with Crippen molar-refractivity contribution in [3.8, 4) is 11.3 Å². The van der Waals surface area contributed by atoms with Crippen LogP contribution in [-0.4, -0.2) is 22.6 Å². The standard InChI is InChI=1S/C16H17N3O/c20-16-7-12(14-3-1-2-4-18-14)6-15-13-5-11(8-17-9-13)10-19(15)16/h1-4,6-7,11,13,17H,5,8-10H2. The van der Waals surface area contributed by atoms with E-state index in [0.717, 1.165) is 30.9 Å². The first-order chi connectivity index (χ1) is 9.81. The molecule has 0 saturated carbocycles. The maximum atomic E-state index is 12.4. The second-order valence-electron chi connectivity index (χ2n) is 5.79. The third kappa shape index (κ3) is 1.88. The summed E-state index contributed by atoms with van der Waals surface area (Å²) in [5, 5.41) is 3.48. The van der Waals surface area contributed by atoms with Gasteiger partial charge in [0.25, 0.3) is 5.56 Å². The van der Waals surface area contributed by atoms with Crippen molar-refractivity contribution < 1.29 is 0 Å². The number of nitrogens with zero attached hydrogens (tertiary/aromatic N) is 2. The number of rotatable bonds is 1. The molecule has 2 aromatic rings. The smallest absolute Gasteiger partial charge is 0.251 e. The Labute approximate surface area is 117 Å². The summed E-state index contributed by atoms with van der Waals surface area (Å²) in [4.78, 5) is 16.8. The number of hydrogen-bond donors (Lipinski definition) is 1. The van der Waals surface area contributed by atoms with Crippen molar-refractivity contribution in [2.45, 2.75) is 18.9 Å². The highest BCUT2D eigenvalue weighted by molar-refractivity contribution is 5.59. The number of aromatic nitrogens is 2. The highest BCUT2D eigenvalue weighted by Crippen LogP contribution is 2.33. The van der Waals surface area contributed by atoms with Crippen molar-refractivity contribution in [3.63, 3.8) is 0 Å². The van der Waals surface area contributed by atoms with Crippen LogP contribution in [0.1, 0.15) is 18.0 Å². The van der Waals surface area contributed by atoms with Crippen molar-refractivity contribution in [2.24, 2.45) is 5.92 Å². The van der Waals surface area contributed by atoms with Gasteiger partial charge < -0.3 is 9.88 Å². The van der Waals surface area contributed by atoms with Gasteiger partial charge >= 0.3 is 0 Å². The number of fused-ring (bicyclic) bond motifs is 4. The fraction of sp³-hybridized carbons (Fsp3) is 0.375. The minimum absolute atomic E-state index is 0.111. The summed E-state index contributed by atoms with van der Waals surface area (Å²) in [5.41, 5.74) is 3.09. The number of hydrogen-bond acceptors (Lipinski definition) is 3. The Morgan fingerprint density at radius 2 is 2.20 bits per heavy atom. The number of nitrogens with one attached hydrogen (secondary N) is 1. The predicted octanol–water partition coefficient (Wildman–Crippen LogP) is 1.62. The summed E-state index contributed by atoms with van der Waals surface area (Å²) in [6.07, 6.45) is 2.96. The van der Waals surface area contributed by atoms with Crippen LogP contribution in [0.2, 0.25) is 0 Å². The minimum Gasteiger partial charge on any atom is -0.316 e. The molecule has 1 N–H and O–H groups in total. The number of piperidine rings is 1. The molecule has 2 atom stereocenters. The van der Waals surface area contributed by atoms with Gasteiger partial charge in [-0.3, -0.25) is 9.78 Å². The Bertz CT molecular complexity index is 693. The molecular weight excluding hydrogens is 250 g/mol. The molecule has 2 bridgehead atoms. The average Bonchev–Trinajstić information content (AvgIpc) is 2.49. The van der Waals surface area contributed by atoms with E-state index in [1.54, 1.807) is 12.3 Å². The Morgan fingerprint density at radius 3 is 3.05 bits per heavy atom. The molecule has 102 valence electrons. The number of pyridine rings is 2. The summed E-state index contributed by atoms with van der Waals surface area (Å²) < 4.78 is 1.96. The van der Waals surface area contributed by atoms with Gasteiger partial charge in [0.15, 0.2) is 0 Å². The zero-order chi connectivity index (χ0) is 13.5. The van der Waals surface area contributed by atoms with Gasteiger partial charge in [-0.15, -0.1) is 0 Å². The third-order valence-electron chi connectivity index (χ3n) is 4.42. The molecule has 2 aliphatic heterocycles. The van der Waals surface area contributed by atoms with Crippen LogP contribution in [0.25, 0.3) is 11.3 Å². The summed E-state index contributed by atoms with van der Waals surface area (Å²) in [7, 11) is 0. The van der Waals surface area contributed by atoms with Gasteiger partial charge in [0.1, 0.15) is 0 Å². The first-order valence-electron chi connectivity index (χ1n) is 7.18. The monoisotopic (exact) mass is 267 g/mol. The van der Waals surface area contributed by atoms with Gasteiger partial charge in [-0.25, -0.2) is 0 Å². The van der Waals surface area contributed by atoms with Crippen molar-refractivity contribution in [3.05, 3.63) is 52.6 Å². The van der Waals surface area contributed by atoms with Crippen molar-refractivity contribution in [2.75, 3.05) is 13.1 Å². The maximum absolute atomic E-state index is 12.4. The average molecular weight is 267 g/mol. The van der Waals surface area contributed by atoms with Gasteiger partial charge in [-0.1, -0.05) is 6.07 Å². The van der Waals surface area contributed by atoms with Crippen molar-refractivity contribution in [1.29, 1.82) is 0 Å². The van der Waals surface area contributed by atoms with Gasteiger partial charge in [0, 0.05) is 42.5 Å². The van der Waals surface area contributed by atoms with Gasteiger partial charge in [0.2, 0.25) is 0 Å². The molecule has 4 heterocycles. The molecule has 0 amide bonds. The molecule has 0 radical (unpaired) electrons. The van der Waals surface area contributed by atoms with Gasteiger partial charge in [-0.2, -0.15) is 0 Å². The van der Waals surface area contributed by atoms with E-state index in [4.69, 9.17) is 0 Å². The maximum Gasteiger partial charge on any atom is 0.251 e. The second kappa shape index (κ2) is 4.56. The molecule has 2 aromatic heterocycles. The molecule has 4 rings (SSSR count). The zero-order valence-electron chi connectivity index (χ0n) is 11.2. The van der Waals surface area contributed by atoms with Crippen molar-refractivity contribution >= 4 is 0 Å². The summed E-state index contributed by atoms with van der Waals surface area (Å²) in [6, 6.07) is 9.68. The Balaban J connectivity index is 1.86. The largest absolute Gasteiger partial charge is 0.316 e. The van der Waals surface area contributed by atoms with Crippen LogP contribution in [-0.2, 0) is 6.54 Å². The lowest BCUT2D eigenvalue weighted by molar-refractivity contribution is 0.257. The Morgan fingerprint density at radius 1 is 1.25 bits per heavy atom. The lowest BCUT2D eigenvalue weighted by Gasteiger charge is -2.37. The molecular formula is C16H17N3O. The van der Waals surface area contributed by atoms with E-state index >= 15 is 0 Å². The molecule has 0 aromatic carbocycles. The molecule has 2 aliphatic rings. The molecule has 20 heavy (non-hydrogen) atoms. The lowest BCUT2D eigenvalue weighted by atomic mass is 9.83. The molecule has 0 spiro atoms. The van der Waals surface area contributed by atoms with Gasteiger partial charge in [0.05, 0.1) is 5.69 Å². The molecule has 1 fully saturated rings. The summed E-state index contributed by atoms with van der Waals surface area (Å²) in [6.45, 7) is 2.85. The van der Waals surface area contributed by atoms with E-state index < -0.39 is 0 Å². The van der Waals surface area contributed by atoms with Crippen molar-refractivity contribution in [1.82, 2.24) is 14.9 Å². The zero-order valence-corrected chi connectivity index (χ0v) is 11.2. The van der Waals surface area contributed by atoms with E-state index in [0.29, 0.717) is 11.8 Å². The summed E-state index contributed by atoms with van der Waals surface area (Å²) in [5.74, 6) is 1.05. The fourth-order valence-electron chi connectivity index (χ4n) is 3.49. The first-order valence-corrected chi connectivity index (χ1v) is 7.18. The topological polar surface area (TPSA) is 46.9 Å². The predicted molar refractivity (Wildman–Crippen MR) is 77.7 cm³/mol.